The van der Waals surface area contributed by atoms with Crippen LogP contribution >= 0.6 is 0 Å². The van der Waals surface area contributed by atoms with E-state index in [4.69, 9.17) is 5.73 Å². The largest absolute Gasteiger partial charge is 0.480 e. The van der Waals surface area contributed by atoms with Gasteiger partial charge in [-0.1, -0.05) is 74.5 Å². The van der Waals surface area contributed by atoms with E-state index in [1.807, 2.05) is 50.2 Å². The molecule has 3 aromatic rings. The first-order valence-corrected chi connectivity index (χ1v) is 13.6. The Morgan fingerprint density at radius 1 is 0.780 bits per heavy atom. The van der Waals surface area contributed by atoms with Gasteiger partial charge in [-0.15, -0.1) is 0 Å². The summed E-state index contributed by atoms with van der Waals surface area (Å²) in [6.07, 6.45) is 3.64. The first-order valence-electron chi connectivity index (χ1n) is 13.6. The van der Waals surface area contributed by atoms with Crippen LogP contribution in [0.3, 0.4) is 0 Å². The number of aromatic amines is 1. The number of nitrogens with one attached hydrogen (secondary N) is 4. The molecule has 3 rings (SSSR count). The highest BCUT2D eigenvalue weighted by molar-refractivity contribution is 5.94. The third kappa shape index (κ3) is 10.2. The van der Waals surface area contributed by atoms with Crippen molar-refractivity contribution in [3.63, 3.8) is 0 Å². The van der Waals surface area contributed by atoms with E-state index in [0.29, 0.717) is 12.1 Å². The minimum atomic E-state index is -1.22. The van der Waals surface area contributed by atoms with Crippen molar-refractivity contribution in [2.75, 3.05) is 0 Å². The Balaban J connectivity index is 1.80. The number of imidazole rings is 1. The zero-order chi connectivity index (χ0) is 29.8. The van der Waals surface area contributed by atoms with Gasteiger partial charge in [0.25, 0.3) is 0 Å². The van der Waals surface area contributed by atoms with Crippen LogP contribution in [0.15, 0.2) is 73.2 Å². The van der Waals surface area contributed by atoms with Gasteiger partial charge in [-0.25, -0.2) is 9.78 Å². The Morgan fingerprint density at radius 3 is 1.76 bits per heavy atom. The molecule has 11 heteroatoms. The standard InChI is InChI=1S/C30H38N6O5/c1-19(2)13-23(31)27(37)34-24(14-20-9-5-3-6-10-20)28(38)35-25(16-22-17-32-18-33-22)29(39)36-26(30(40)41)15-21-11-7-4-8-12-21/h3-12,17-19,23-26H,13-16,31H2,1-2H3,(H,32,33)(H,34,37)(H,35,38)(H,36,39)(H,40,41). The summed E-state index contributed by atoms with van der Waals surface area (Å²) in [5.41, 5.74) is 8.16. The smallest absolute Gasteiger partial charge is 0.326 e. The lowest BCUT2D eigenvalue weighted by Crippen LogP contribution is -2.58. The molecule has 3 amide bonds. The van der Waals surface area contributed by atoms with Gasteiger partial charge >= 0.3 is 5.97 Å². The number of hydrogen-bond acceptors (Lipinski definition) is 6. The topological polar surface area (TPSA) is 179 Å². The van der Waals surface area contributed by atoms with Crippen LogP contribution in [0.2, 0.25) is 0 Å². The predicted molar refractivity (Wildman–Crippen MR) is 153 cm³/mol. The van der Waals surface area contributed by atoms with E-state index in [1.165, 1.54) is 12.5 Å². The maximum absolute atomic E-state index is 13.6. The van der Waals surface area contributed by atoms with Crippen LogP contribution < -0.4 is 21.7 Å². The van der Waals surface area contributed by atoms with Crippen LogP contribution in [0.5, 0.6) is 0 Å². The van der Waals surface area contributed by atoms with E-state index < -0.39 is 47.9 Å². The van der Waals surface area contributed by atoms with Crippen molar-refractivity contribution in [2.45, 2.75) is 63.7 Å². The SMILES string of the molecule is CC(C)CC(N)C(=O)NC(Cc1ccccc1)C(=O)NC(Cc1cnc[nH]1)C(=O)NC(Cc1ccccc1)C(=O)O. The molecular weight excluding hydrogens is 524 g/mol. The van der Waals surface area contributed by atoms with Crippen LogP contribution in [0, 0.1) is 5.92 Å². The number of aliphatic carboxylic acids is 1. The molecule has 0 saturated carbocycles. The highest BCUT2D eigenvalue weighted by Crippen LogP contribution is 2.09. The van der Waals surface area contributed by atoms with E-state index in [0.717, 1.165) is 11.1 Å². The summed E-state index contributed by atoms with van der Waals surface area (Å²) < 4.78 is 0. The van der Waals surface area contributed by atoms with Gasteiger partial charge in [-0.3, -0.25) is 14.4 Å². The van der Waals surface area contributed by atoms with Crippen LogP contribution in [0.25, 0.3) is 0 Å². The first-order chi connectivity index (χ1) is 19.6. The number of hydrogen-bond donors (Lipinski definition) is 6. The van der Waals surface area contributed by atoms with Crippen molar-refractivity contribution in [3.05, 3.63) is 90.0 Å². The van der Waals surface area contributed by atoms with Crippen molar-refractivity contribution in [3.8, 4) is 0 Å². The maximum atomic E-state index is 13.6. The molecule has 2 aromatic carbocycles. The summed E-state index contributed by atoms with van der Waals surface area (Å²) in [7, 11) is 0. The molecule has 0 aliphatic heterocycles. The number of benzene rings is 2. The van der Waals surface area contributed by atoms with Gasteiger partial charge in [-0.05, 0) is 23.5 Å². The summed E-state index contributed by atoms with van der Waals surface area (Å²) in [6.45, 7) is 3.89. The number of carboxylic acid groups (broad SMARTS) is 1. The molecule has 0 radical (unpaired) electrons. The van der Waals surface area contributed by atoms with Gasteiger partial charge in [0.2, 0.25) is 17.7 Å². The molecular formula is C30H38N6O5. The number of H-pyrrole nitrogens is 1. The lowest BCUT2D eigenvalue weighted by Gasteiger charge is -2.25. The van der Waals surface area contributed by atoms with Crippen molar-refractivity contribution >= 4 is 23.7 Å². The van der Waals surface area contributed by atoms with Gasteiger partial charge in [0.15, 0.2) is 0 Å². The second-order valence-corrected chi connectivity index (χ2v) is 10.4. The molecule has 1 aromatic heterocycles. The number of nitrogens with zero attached hydrogens (tertiary/aromatic N) is 1. The number of carboxylic acids is 1. The normalized spacial score (nSPS) is 14.0. The van der Waals surface area contributed by atoms with Gasteiger partial charge in [0.05, 0.1) is 12.4 Å². The van der Waals surface area contributed by atoms with E-state index in [9.17, 15) is 24.3 Å². The van der Waals surface area contributed by atoms with Gasteiger partial charge in [0.1, 0.15) is 18.1 Å². The fourth-order valence-electron chi connectivity index (χ4n) is 4.37. The average molecular weight is 563 g/mol. The van der Waals surface area contributed by atoms with Gasteiger partial charge in [0, 0.05) is 31.2 Å². The van der Waals surface area contributed by atoms with Gasteiger partial charge in [-0.2, -0.15) is 0 Å². The molecule has 0 fully saturated rings. The van der Waals surface area contributed by atoms with Crippen LogP contribution in [-0.4, -0.2) is 62.9 Å². The number of carbonyl (C=O) groups excluding carboxylic acids is 3. The Bertz CT molecular complexity index is 1270. The third-order valence-electron chi connectivity index (χ3n) is 6.49. The molecule has 7 N–H and O–H groups in total. The van der Waals surface area contributed by atoms with Crippen molar-refractivity contribution in [2.24, 2.45) is 11.7 Å². The molecule has 0 spiro atoms. The second kappa shape index (κ2) is 15.3. The lowest BCUT2D eigenvalue weighted by molar-refractivity contribution is -0.142. The molecule has 218 valence electrons. The number of amides is 3. The van der Waals surface area contributed by atoms with Crippen LogP contribution in [-0.2, 0) is 38.4 Å². The summed E-state index contributed by atoms with van der Waals surface area (Å²) in [6, 6.07) is 13.9. The summed E-state index contributed by atoms with van der Waals surface area (Å²) in [4.78, 5) is 58.7. The Labute approximate surface area is 239 Å². The highest BCUT2D eigenvalue weighted by Gasteiger charge is 2.31. The average Bonchev–Trinajstić information content (AvgIpc) is 3.45. The molecule has 0 aliphatic carbocycles. The van der Waals surface area contributed by atoms with E-state index in [-0.39, 0.29) is 25.2 Å². The molecule has 0 saturated heterocycles. The number of rotatable bonds is 15. The zero-order valence-corrected chi connectivity index (χ0v) is 23.2. The summed E-state index contributed by atoms with van der Waals surface area (Å²) >= 11 is 0. The Kier molecular flexibility index (Phi) is 11.6. The van der Waals surface area contributed by atoms with E-state index >= 15 is 0 Å². The van der Waals surface area contributed by atoms with Crippen molar-refractivity contribution in [1.29, 1.82) is 0 Å². The molecule has 0 aliphatic rings. The second-order valence-electron chi connectivity index (χ2n) is 10.4. The third-order valence-corrected chi connectivity index (χ3v) is 6.49. The fraction of sp³-hybridized carbons (Fsp3) is 0.367. The number of aromatic nitrogens is 2. The summed E-state index contributed by atoms with van der Waals surface area (Å²) in [5.74, 6) is -2.79. The van der Waals surface area contributed by atoms with Crippen molar-refractivity contribution < 1.29 is 24.3 Å². The molecule has 4 unspecified atom stereocenters. The predicted octanol–water partition coefficient (Wildman–Crippen LogP) is 1.35. The number of carbonyl (C=O) groups is 4. The molecule has 11 nitrogen and oxygen atoms in total. The number of nitrogens with two attached hydrogens (primary N) is 1. The minimum Gasteiger partial charge on any atom is -0.480 e. The van der Waals surface area contributed by atoms with E-state index in [1.54, 1.807) is 24.3 Å². The van der Waals surface area contributed by atoms with Gasteiger partial charge < -0.3 is 31.8 Å². The molecule has 41 heavy (non-hydrogen) atoms. The monoisotopic (exact) mass is 562 g/mol. The van der Waals surface area contributed by atoms with E-state index in [2.05, 4.69) is 25.9 Å². The zero-order valence-electron chi connectivity index (χ0n) is 23.2. The molecule has 0 bridgehead atoms. The first kappa shape index (κ1) is 31.0. The summed E-state index contributed by atoms with van der Waals surface area (Å²) in [5, 5.41) is 17.8. The fourth-order valence-corrected chi connectivity index (χ4v) is 4.37. The Hall–Kier alpha value is -4.51. The Morgan fingerprint density at radius 2 is 1.27 bits per heavy atom. The molecule has 1 heterocycles. The lowest BCUT2D eigenvalue weighted by atomic mass is 10.0. The quantitative estimate of drug-likeness (QED) is 0.162. The highest BCUT2D eigenvalue weighted by atomic mass is 16.4. The van der Waals surface area contributed by atoms with Crippen LogP contribution in [0.1, 0.15) is 37.1 Å². The molecule has 4 atom stereocenters. The van der Waals surface area contributed by atoms with Crippen LogP contribution in [0.4, 0.5) is 0 Å². The minimum absolute atomic E-state index is 0.0219. The van der Waals surface area contributed by atoms with Crippen molar-refractivity contribution in [1.82, 2.24) is 25.9 Å². The maximum Gasteiger partial charge on any atom is 0.326 e.